The quantitative estimate of drug-likeness (QED) is 0.760. The Labute approximate surface area is 120 Å². The number of anilines is 1. The van der Waals surface area contributed by atoms with Crippen molar-refractivity contribution in [3.63, 3.8) is 0 Å². The summed E-state index contributed by atoms with van der Waals surface area (Å²) in [6, 6.07) is 9.04. The van der Waals surface area contributed by atoms with E-state index in [-0.39, 0.29) is 11.1 Å². The van der Waals surface area contributed by atoms with Crippen molar-refractivity contribution < 1.29 is 4.79 Å². The van der Waals surface area contributed by atoms with Crippen LogP contribution in [-0.2, 0) is 6.42 Å². The van der Waals surface area contributed by atoms with Crippen LogP contribution in [0.25, 0.3) is 0 Å². The molecule has 19 heavy (non-hydrogen) atoms. The monoisotopic (exact) mass is 297 g/mol. The summed E-state index contributed by atoms with van der Waals surface area (Å²) in [5.74, 6) is -0.232. The predicted octanol–water partition coefficient (Wildman–Crippen LogP) is 2.88. The summed E-state index contributed by atoms with van der Waals surface area (Å²) in [6.45, 7) is 0.525. The molecule has 1 heterocycles. The minimum Gasteiger partial charge on any atom is -0.399 e. The maximum Gasteiger partial charge on any atom is 0.267 e. The van der Waals surface area contributed by atoms with Gasteiger partial charge in [-0.25, -0.2) is 0 Å². The first-order valence-corrected chi connectivity index (χ1v) is 6.48. The summed E-state index contributed by atoms with van der Waals surface area (Å²) >= 11 is 11.5. The van der Waals surface area contributed by atoms with Crippen molar-refractivity contribution in [3.05, 3.63) is 51.8 Å². The molecule has 1 amide bonds. The lowest BCUT2D eigenvalue weighted by atomic mass is 10.1. The second-order valence-corrected chi connectivity index (χ2v) is 4.88. The van der Waals surface area contributed by atoms with Gasteiger partial charge in [0.15, 0.2) is 0 Å². The fourth-order valence-electron chi connectivity index (χ4n) is 1.63. The van der Waals surface area contributed by atoms with Crippen molar-refractivity contribution in [2.45, 2.75) is 6.42 Å². The summed E-state index contributed by atoms with van der Waals surface area (Å²) in [6.07, 6.45) is 0.730. The molecule has 4 nitrogen and oxygen atoms in total. The van der Waals surface area contributed by atoms with Crippen LogP contribution in [0, 0.1) is 0 Å². The Morgan fingerprint density at radius 3 is 2.53 bits per heavy atom. The number of carbonyl (C=O) groups excluding carboxylic acids is 1. The second-order valence-electron chi connectivity index (χ2n) is 4.09. The van der Waals surface area contributed by atoms with Crippen molar-refractivity contribution in [3.8, 4) is 0 Å². The number of nitrogens with two attached hydrogens (primary N) is 1. The number of amides is 1. The van der Waals surface area contributed by atoms with Gasteiger partial charge in [-0.2, -0.15) is 0 Å². The van der Waals surface area contributed by atoms with Gasteiger partial charge in [-0.3, -0.25) is 4.79 Å². The van der Waals surface area contributed by atoms with E-state index < -0.39 is 0 Å². The zero-order chi connectivity index (χ0) is 13.8. The molecule has 0 fully saturated rings. The van der Waals surface area contributed by atoms with Gasteiger partial charge in [0.05, 0.1) is 5.02 Å². The summed E-state index contributed by atoms with van der Waals surface area (Å²) in [7, 11) is 0. The first-order chi connectivity index (χ1) is 9.06. The Hall–Kier alpha value is -1.65. The number of rotatable bonds is 4. The van der Waals surface area contributed by atoms with Gasteiger partial charge >= 0.3 is 0 Å². The highest BCUT2D eigenvalue weighted by molar-refractivity contribution is 6.41. The number of aromatic amines is 1. The summed E-state index contributed by atoms with van der Waals surface area (Å²) in [4.78, 5) is 14.5. The number of nitrogens with one attached hydrogen (secondary N) is 2. The predicted molar refractivity (Wildman–Crippen MR) is 77.7 cm³/mol. The second kappa shape index (κ2) is 5.99. The van der Waals surface area contributed by atoms with E-state index in [1.165, 1.54) is 6.07 Å². The molecule has 6 heteroatoms. The average Bonchev–Trinajstić information content (AvgIpc) is 2.72. The minimum atomic E-state index is -0.232. The van der Waals surface area contributed by atoms with Gasteiger partial charge in [-0.05, 0) is 30.2 Å². The van der Waals surface area contributed by atoms with E-state index in [0.29, 0.717) is 17.3 Å². The van der Waals surface area contributed by atoms with Crippen LogP contribution in [0.3, 0.4) is 0 Å². The minimum absolute atomic E-state index is 0.232. The number of carbonyl (C=O) groups is 1. The Balaban J connectivity index is 1.85. The molecule has 1 aromatic carbocycles. The maximum atomic E-state index is 11.8. The molecular formula is C13H13Cl2N3O. The molecule has 0 unspecified atom stereocenters. The van der Waals surface area contributed by atoms with Crippen LogP contribution in [0.4, 0.5) is 5.69 Å². The molecular weight excluding hydrogens is 285 g/mol. The number of nitrogen functional groups attached to an aromatic ring is 1. The average molecular weight is 298 g/mol. The SMILES string of the molecule is Nc1ccc(CCNC(=O)c2cc(Cl)c(Cl)[nH]2)cc1. The summed E-state index contributed by atoms with van der Waals surface area (Å²) in [5.41, 5.74) is 7.78. The van der Waals surface area contributed by atoms with Crippen LogP contribution in [0.2, 0.25) is 10.2 Å². The van der Waals surface area contributed by atoms with E-state index in [1.807, 2.05) is 24.3 Å². The van der Waals surface area contributed by atoms with Crippen LogP contribution in [0.15, 0.2) is 30.3 Å². The van der Waals surface area contributed by atoms with Gasteiger partial charge in [0.1, 0.15) is 10.8 Å². The smallest absolute Gasteiger partial charge is 0.267 e. The molecule has 0 saturated heterocycles. The molecule has 2 aromatic rings. The van der Waals surface area contributed by atoms with Crippen molar-refractivity contribution in [2.24, 2.45) is 0 Å². The van der Waals surface area contributed by atoms with Crippen molar-refractivity contribution in [2.75, 3.05) is 12.3 Å². The molecule has 4 N–H and O–H groups in total. The standard InChI is InChI=1S/C13H13Cl2N3O/c14-10-7-11(18-12(10)15)13(19)17-6-5-8-1-3-9(16)4-2-8/h1-4,7,18H,5-6,16H2,(H,17,19). The van der Waals surface area contributed by atoms with Crippen molar-refractivity contribution >= 4 is 34.8 Å². The van der Waals surface area contributed by atoms with Crippen LogP contribution < -0.4 is 11.1 Å². The van der Waals surface area contributed by atoms with Crippen LogP contribution in [0.5, 0.6) is 0 Å². The Morgan fingerprint density at radius 2 is 1.95 bits per heavy atom. The lowest BCUT2D eigenvalue weighted by Gasteiger charge is -2.04. The van der Waals surface area contributed by atoms with E-state index >= 15 is 0 Å². The number of halogens is 2. The molecule has 0 atom stereocenters. The molecule has 2 rings (SSSR count). The fourth-order valence-corrected chi connectivity index (χ4v) is 1.94. The number of hydrogen-bond acceptors (Lipinski definition) is 2. The van der Waals surface area contributed by atoms with Crippen molar-refractivity contribution in [1.82, 2.24) is 10.3 Å². The third-order valence-electron chi connectivity index (χ3n) is 2.65. The third-order valence-corrected chi connectivity index (χ3v) is 3.34. The van der Waals surface area contributed by atoms with E-state index in [1.54, 1.807) is 0 Å². The van der Waals surface area contributed by atoms with Crippen LogP contribution in [-0.4, -0.2) is 17.4 Å². The van der Waals surface area contributed by atoms with Crippen LogP contribution >= 0.6 is 23.2 Å². The van der Waals surface area contributed by atoms with E-state index in [2.05, 4.69) is 10.3 Å². The number of aromatic nitrogens is 1. The van der Waals surface area contributed by atoms with E-state index in [4.69, 9.17) is 28.9 Å². The summed E-state index contributed by atoms with van der Waals surface area (Å²) in [5, 5.41) is 3.39. The molecule has 0 aliphatic carbocycles. The molecule has 100 valence electrons. The largest absolute Gasteiger partial charge is 0.399 e. The zero-order valence-electron chi connectivity index (χ0n) is 10.0. The van der Waals surface area contributed by atoms with Gasteiger partial charge < -0.3 is 16.0 Å². The first kappa shape index (κ1) is 13.8. The van der Waals surface area contributed by atoms with E-state index in [9.17, 15) is 4.79 Å². The molecule has 0 aliphatic heterocycles. The topological polar surface area (TPSA) is 70.9 Å². The van der Waals surface area contributed by atoms with Crippen LogP contribution in [0.1, 0.15) is 16.1 Å². The zero-order valence-corrected chi connectivity index (χ0v) is 11.6. The first-order valence-electron chi connectivity index (χ1n) is 5.73. The molecule has 0 spiro atoms. The van der Waals surface area contributed by atoms with Gasteiger partial charge in [0.25, 0.3) is 5.91 Å². The molecule has 0 radical (unpaired) electrons. The third kappa shape index (κ3) is 3.66. The van der Waals surface area contributed by atoms with Gasteiger partial charge in [-0.15, -0.1) is 0 Å². The molecule has 0 aliphatic rings. The molecule has 1 aromatic heterocycles. The molecule has 0 bridgehead atoms. The normalized spacial score (nSPS) is 10.4. The van der Waals surface area contributed by atoms with Crippen molar-refractivity contribution in [1.29, 1.82) is 0 Å². The lowest BCUT2D eigenvalue weighted by Crippen LogP contribution is -2.25. The molecule has 0 saturated carbocycles. The highest BCUT2D eigenvalue weighted by atomic mass is 35.5. The highest BCUT2D eigenvalue weighted by Crippen LogP contribution is 2.21. The number of H-pyrrole nitrogens is 1. The maximum absolute atomic E-state index is 11.8. The Bertz CT molecular complexity index is 559. The van der Waals surface area contributed by atoms with Gasteiger partial charge in [0, 0.05) is 12.2 Å². The highest BCUT2D eigenvalue weighted by Gasteiger charge is 2.10. The summed E-state index contributed by atoms with van der Waals surface area (Å²) < 4.78 is 0. The fraction of sp³-hybridized carbons (Fsp3) is 0.154. The number of benzene rings is 1. The Morgan fingerprint density at radius 1 is 1.26 bits per heavy atom. The lowest BCUT2D eigenvalue weighted by molar-refractivity contribution is 0.0950. The van der Waals surface area contributed by atoms with Gasteiger partial charge in [-0.1, -0.05) is 35.3 Å². The van der Waals surface area contributed by atoms with Gasteiger partial charge in [0.2, 0.25) is 0 Å². The number of hydrogen-bond donors (Lipinski definition) is 3. The Kier molecular flexibility index (Phi) is 4.35. The van der Waals surface area contributed by atoms with E-state index in [0.717, 1.165) is 17.7 Å².